The number of nitrogens with zero attached hydrogens (tertiary/aromatic N) is 2. The molecule has 5 heteroatoms. The summed E-state index contributed by atoms with van der Waals surface area (Å²) in [5.41, 5.74) is 5.28. The zero-order valence-corrected chi connectivity index (χ0v) is 11.8. The van der Waals surface area contributed by atoms with Crippen molar-refractivity contribution in [1.29, 1.82) is 0 Å². The Bertz CT molecular complexity index is 406. The van der Waals surface area contributed by atoms with Crippen molar-refractivity contribution >= 4 is 5.91 Å². The fraction of sp³-hybridized carbons (Fsp3) is 0.643. The molecule has 0 aliphatic carbocycles. The van der Waals surface area contributed by atoms with Crippen LogP contribution in [0.4, 0.5) is 0 Å². The molecule has 0 radical (unpaired) electrons. The Labute approximate surface area is 114 Å². The molecule has 1 aliphatic rings. The lowest BCUT2D eigenvalue weighted by Crippen LogP contribution is -2.57. The van der Waals surface area contributed by atoms with Crippen LogP contribution in [0.25, 0.3) is 0 Å². The van der Waals surface area contributed by atoms with Gasteiger partial charge in [0.05, 0.1) is 18.3 Å². The lowest BCUT2D eigenvalue weighted by Gasteiger charge is -2.38. The average molecular weight is 265 g/mol. The van der Waals surface area contributed by atoms with Crippen LogP contribution in [0.5, 0.6) is 0 Å². The van der Waals surface area contributed by atoms with E-state index in [2.05, 4.69) is 4.90 Å². The van der Waals surface area contributed by atoms with Gasteiger partial charge in [0.1, 0.15) is 5.76 Å². The highest BCUT2D eigenvalue weighted by Crippen LogP contribution is 2.14. The second-order valence-electron chi connectivity index (χ2n) is 5.42. The first-order valence-corrected chi connectivity index (χ1v) is 6.86. The van der Waals surface area contributed by atoms with Gasteiger partial charge in [-0.25, -0.2) is 0 Å². The topological polar surface area (TPSA) is 62.7 Å². The van der Waals surface area contributed by atoms with Crippen LogP contribution in [0, 0.1) is 0 Å². The molecule has 1 atom stereocenters. The monoisotopic (exact) mass is 265 g/mol. The van der Waals surface area contributed by atoms with Crippen molar-refractivity contribution in [2.45, 2.75) is 32.4 Å². The molecule has 2 N–H and O–H groups in total. The molecule has 19 heavy (non-hydrogen) atoms. The number of hydrogen-bond acceptors (Lipinski definition) is 4. The molecule has 1 aromatic rings. The van der Waals surface area contributed by atoms with Gasteiger partial charge >= 0.3 is 0 Å². The molecule has 0 bridgehead atoms. The van der Waals surface area contributed by atoms with Crippen molar-refractivity contribution in [3.63, 3.8) is 0 Å². The normalized spacial score (nSPS) is 20.3. The Morgan fingerprint density at radius 2 is 2.11 bits per heavy atom. The van der Waals surface area contributed by atoms with Crippen LogP contribution in [-0.4, -0.2) is 47.4 Å². The van der Waals surface area contributed by atoms with Crippen LogP contribution in [0.2, 0.25) is 0 Å². The molecule has 0 saturated carbocycles. The average Bonchev–Trinajstić information content (AvgIpc) is 2.91. The molecule has 1 fully saturated rings. The van der Waals surface area contributed by atoms with E-state index < -0.39 is 5.54 Å². The van der Waals surface area contributed by atoms with Crippen molar-refractivity contribution < 1.29 is 9.21 Å². The highest BCUT2D eigenvalue weighted by molar-refractivity contribution is 5.85. The summed E-state index contributed by atoms with van der Waals surface area (Å²) in [6.07, 6.45) is 2.36. The Balaban J connectivity index is 1.84. The third-order valence-electron chi connectivity index (χ3n) is 3.84. The van der Waals surface area contributed by atoms with Crippen molar-refractivity contribution in [1.82, 2.24) is 9.80 Å². The molecule has 2 heterocycles. The number of nitrogens with two attached hydrogens (primary N) is 1. The molecule has 1 saturated heterocycles. The van der Waals surface area contributed by atoms with E-state index in [0.717, 1.165) is 38.5 Å². The zero-order valence-electron chi connectivity index (χ0n) is 11.8. The predicted octanol–water partition coefficient (Wildman–Crippen LogP) is 1.05. The molecule has 106 valence electrons. The summed E-state index contributed by atoms with van der Waals surface area (Å²) in [5, 5.41) is 0. The van der Waals surface area contributed by atoms with Crippen molar-refractivity contribution in [3.05, 3.63) is 24.2 Å². The summed E-state index contributed by atoms with van der Waals surface area (Å²) in [6, 6.07) is 3.88. The maximum atomic E-state index is 12.2. The zero-order chi connectivity index (χ0) is 13.9. The van der Waals surface area contributed by atoms with Crippen LogP contribution >= 0.6 is 0 Å². The van der Waals surface area contributed by atoms with Crippen LogP contribution in [0.3, 0.4) is 0 Å². The quantitative estimate of drug-likeness (QED) is 0.884. The minimum atomic E-state index is -0.733. The molecule has 1 amide bonds. The Hall–Kier alpha value is -1.33. The second-order valence-corrected chi connectivity index (χ2v) is 5.42. The van der Waals surface area contributed by atoms with Crippen molar-refractivity contribution in [2.75, 3.05) is 26.2 Å². The summed E-state index contributed by atoms with van der Waals surface area (Å²) >= 11 is 0. The summed E-state index contributed by atoms with van der Waals surface area (Å²) in [4.78, 5) is 16.4. The van der Waals surface area contributed by atoms with Gasteiger partial charge in [0, 0.05) is 26.2 Å². The third-order valence-corrected chi connectivity index (χ3v) is 3.84. The lowest BCUT2D eigenvalue weighted by atomic mass is 9.98. The van der Waals surface area contributed by atoms with Gasteiger partial charge < -0.3 is 15.1 Å². The maximum absolute atomic E-state index is 12.2. The Morgan fingerprint density at radius 1 is 1.42 bits per heavy atom. The maximum Gasteiger partial charge on any atom is 0.242 e. The molecule has 1 aliphatic heterocycles. The molecule has 1 unspecified atom stereocenters. The minimum Gasteiger partial charge on any atom is -0.468 e. The van der Waals surface area contributed by atoms with Gasteiger partial charge in [-0.3, -0.25) is 9.69 Å². The fourth-order valence-corrected chi connectivity index (χ4v) is 2.24. The first kappa shape index (κ1) is 14.1. The van der Waals surface area contributed by atoms with Gasteiger partial charge in [0.25, 0.3) is 0 Å². The number of piperazine rings is 1. The summed E-state index contributed by atoms with van der Waals surface area (Å²) in [7, 11) is 0. The van der Waals surface area contributed by atoms with E-state index in [9.17, 15) is 4.79 Å². The first-order valence-electron chi connectivity index (χ1n) is 6.86. The van der Waals surface area contributed by atoms with Crippen LogP contribution in [0.1, 0.15) is 26.0 Å². The molecular formula is C14H23N3O2. The second kappa shape index (κ2) is 5.75. The van der Waals surface area contributed by atoms with E-state index in [4.69, 9.17) is 10.2 Å². The number of rotatable bonds is 4. The highest BCUT2D eigenvalue weighted by atomic mass is 16.3. The third kappa shape index (κ3) is 3.36. The van der Waals surface area contributed by atoms with E-state index in [1.54, 1.807) is 6.26 Å². The Morgan fingerprint density at radius 3 is 2.63 bits per heavy atom. The molecule has 1 aromatic heterocycles. The van der Waals surface area contributed by atoms with Gasteiger partial charge in [-0.15, -0.1) is 0 Å². The van der Waals surface area contributed by atoms with Crippen molar-refractivity contribution in [2.24, 2.45) is 5.73 Å². The smallest absolute Gasteiger partial charge is 0.242 e. The molecule has 0 aromatic carbocycles. The number of carbonyl (C=O) groups excluding carboxylic acids is 1. The van der Waals surface area contributed by atoms with Gasteiger partial charge in [-0.2, -0.15) is 0 Å². The first-order chi connectivity index (χ1) is 9.03. The van der Waals surface area contributed by atoms with E-state index in [1.807, 2.05) is 30.9 Å². The van der Waals surface area contributed by atoms with E-state index in [1.165, 1.54) is 0 Å². The number of furan rings is 1. The SMILES string of the molecule is CCC(C)(N)C(=O)N1CCN(Cc2ccco2)CC1. The molecule has 2 rings (SSSR count). The van der Waals surface area contributed by atoms with E-state index >= 15 is 0 Å². The number of carbonyl (C=O) groups is 1. The van der Waals surface area contributed by atoms with Crippen LogP contribution in [0.15, 0.2) is 22.8 Å². The number of amides is 1. The van der Waals surface area contributed by atoms with Gasteiger partial charge in [-0.1, -0.05) is 6.92 Å². The fourth-order valence-electron chi connectivity index (χ4n) is 2.24. The van der Waals surface area contributed by atoms with Gasteiger partial charge in [-0.05, 0) is 25.5 Å². The van der Waals surface area contributed by atoms with E-state index in [-0.39, 0.29) is 5.91 Å². The highest BCUT2D eigenvalue weighted by Gasteiger charge is 2.32. The molecule has 5 nitrogen and oxygen atoms in total. The van der Waals surface area contributed by atoms with E-state index in [0.29, 0.717) is 6.42 Å². The predicted molar refractivity (Wildman–Crippen MR) is 73.4 cm³/mol. The van der Waals surface area contributed by atoms with Crippen molar-refractivity contribution in [3.8, 4) is 0 Å². The summed E-state index contributed by atoms with van der Waals surface area (Å²) in [6.45, 7) is 7.79. The van der Waals surface area contributed by atoms with Crippen LogP contribution in [-0.2, 0) is 11.3 Å². The lowest BCUT2D eigenvalue weighted by molar-refractivity contribution is -0.138. The Kier molecular flexibility index (Phi) is 4.27. The van der Waals surface area contributed by atoms with Crippen LogP contribution < -0.4 is 5.73 Å². The largest absolute Gasteiger partial charge is 0.468 e. The van der Waals surface area contributed by atoms with Gasteiger partial charge in [0.2, 0.25) is 5.91 Å². The standard InChI is InChI=1S/C14H23N3O2/c1-3-14(2,15)13(18)17-8-6-16(7-9-17)11-12-5-4-10-19-12/h4-5,10H,3,6-9,11,15H2,1-2H3. The summed E-state index contributed by atoms with van der Waals surface area (Å²) < 4.78 is 5.34. The molecular weight excluding hydrogens is 242 g/mol. The van der Waals surface area contributed by atoms with Gasteiger partial charge in [0.15, 0.2) is 0 Å². The summed E-state index contributed by atoms with van der Waals surface area (Å²) in [5.74, 6) is 1.03. The minimum absolute atomic E-state index is 0.0626. The number of hydrogen-bond donors (Lipinski definition) is 1. The molecule has 0 spiro atoms.